The molecule has 0 saturated carbocycles. The van der Waals surface area contributed by atoms with Crippen LogP contribution in [-0.4, -0.2) is 31.1 Å². The van der Waals surface area contributed by atoms with Gasteiger partial charge in [0.05, 0.1) is 0 Å². The summed E-state index contributed by atoms with van der Waals surface area (Å²) in [6.07, 6.45) is 2.69. The number of rotatable bonds is 6. The van der Waals surface area contributed by atoms with Crippen molar-refractivity contribution in [1.29, 1.82) is 0 Å². The molecule has 1 heterocycles. The first-order valence-corrected chi connectivity index (χ1v) is 8.07. The molecule has 0 amide bonds. The van der Waals surface area contributed by atoms with Gasteiger partial charge in [-0.1, -0.05) is 45.9 Å². The molecule has 1 aromatic rings. The van der Waals surface area contributed by atoms with Gasteiger partial charge in [-0.3, -0.25) is 4.90 Å². The van der Waals surface area contributed by atoms with E-state index < -0.39 is 0 Å². The molecule has 0 spiro atoms. The molecule has 1 aliphatic rings. The van der Waals surface area contributed by atoms with E-state index in [2.05, 4.69) is 50.8 Å². The van der Waals surface area contributed by atoms with Crippen LogP contribution in [0, 0.1) is 0 Å². The predicted octanol–water partition coefficient (Wildman–Crippen LogP) is 4.41. The van der Waals surface area contributed by atoms with Crippen LogP contribution in [0.5, 0.6) is 5.75 Å². The molecule has 0 atom stereocenters. The Balaban J connectivity index is 2.06. The molecule has 0 N–H and O–H groups in total. The minimum atomic E-state index is 0.510. The molecular weight excluding hydrogens is 246 g/mol. The smallest absolute Gasteiger partial charge is 0.126 e. The largest absolute Gasteiger partial charge is 0.492 e. The number of para-hydroxylation sites is 1. The highest BCUT2D eigenvalue weighted by molar-refractivity contribution is 5.44. The maximum atomic E-state index is 6.21. The van der Waals surface area contributed by atoms with Crippen LogP contribution in [0.4, 0.5) is 0 Å². The Hall–Kier alpha value is -1.02. The summed E-state index contributed by atoms with van der Waals surface area (Å²) in [7, 11) is 0. The lowest BCUT2D eigenvalue weighted by Gasteiger charge is -2.21. The van der Waals surface area contributed by atoms with Crippen LogP contribution in [0.25, 0.3) is 0 Å². The Morgan fingerprint density at radius 2 is 1.55 bits per heavy atom. The molecule has 20 heavy (non-hydrogen) atoms. The Morgan fingerprint density at radius 3 is 2.05 bits per heavy atom. The summed E-state index contributed by atoms with van der Waals surface area (Å²) in [5.41, 5.74) is 2.69. The lowest BCUT2D eigenvalue weighted by molar-refractivity contribution is 0.234. The average molecular weight is 275 g/mol. The fraction of sp³-hybridized carbons (Fsp3) is 0.667. The Morgan fingerprint density at radius 1 is 1.00 bits per heavy atom. The monoisotopic (exact) mass is 275 g/mol. The number of ether oxygens (including phenoxy) is 1. The average Bonchev–Trinajstić information content (AvgIpc) is 2.91. The zero-order chi connectivity index (χ0) is 14.5. The molecule has 1 fully saturated rings. The van der Waals surface area contributed by atoms with Crippen LogP contribution in [0.2, 0.25) is 0 Å². The van der Waals surface area contributed by atoms with Crippen LogP contribution < -0.4 is 4.74 Å². The molecule has 112 valence electrons. The molecule has 2 nitrogen and oxygen atoms in total. The molecular formula is C18H29NO. The number of benzene rings is 1. The molecule has 0 aromatic heterocycles. The third-order valence-electron chi connectivity index (χ3n) is 4.17. The quantitative estimate of drug-likeness (QED) is 0.762. The van der Waals surface area contributed by atoms with Gasteiger partial charge >= 0.3 is 0 Å². The summed E-state index contributed by atoms with van der Waals surface area (Å²) in [6, 6.07) is 6.58. The maximum Gasteiger partial charge on any atom is 0.126 e. The van der Waals surface area contributed by atoms with Gasteiger partial charge in [0.15, 0.2) is 0 Å². The van der Waals surface area contributed by atoms with Crippen molar-refractivity contribution >= 4 is 0 Å². The summed E-state index contributed by atoms with van der Waals surface area (Å²) in [5, 5.41) is 0. The SMILES string of the molecule is CC(C)c1cccc(C(C)C)c1OCCN1CCCC1. The third kappa shape index (κ3) is 3.76. The first-order valence-electron chi connectivity index (χ1n) is 8.07. The van der Waals surface area contributed by atoms with Gasteiger partial charge in [0, 0.05) is 6.54 Å². The Bertz CT molecular complexity index is 393. The van der Waals surface area contributed by atoms with Crippen LogP contribution in [0.3, 0.4) is 0 Å². The van der Waals surface area contributed by atoms with Crippen LogP contribution in [-0.2, 0) is 0 Å². The van der Waals surface area contributed by atoms with E-state index >= 15 is 0 Å². The van der Waals surface area contributed by atoms with Crippen molar-refractivity contribution < 1.29 is 4.74 Å². The Labute approximate surface area is 124 Å². The number of hydrogen-bond donors (Lipinski definition) is 0. The number of nitrogens with zero attached hydrogens (tertiary/aromatic N) is 1. The normalized spacial score (nSPS) is 16.3. The van der Waals surface area contributed by atoms with Crippen molar-refractivity contribution in [3.05, 3.63) is 29.3 Å². The molecule has 1 aliphatic heterocycles. The maximum absolute atomic E-state index is 6.21. The predicted molar refractivity (Wildman–Crippen MR) is 85.8 cm³/mol. The first kappa shape index (κ1) is 15.4. The van der Waals surface area contributed by atoms with Crippen molar-refractivity contribution in [2.45, 2.75) is 52.4 Å². The molecule has 2 rings (SSSR count). The van der Waals surface area contributed by atoms with Crippen molar-refractivity contribution in [3.8, 4) is 5.75 Å². The first-order chi connectivity index (χ1) is 9.59. The van der Waals surface area contributed by atoms with E-state index in [9.17, 15) is 0 Å². The topological polar surface area (TPSA) is 12.5 Å². The zero-order valence-corrected chi connectivity index (χ0v) is 13.5. The van der Waals surface area contributed by atoms with Gasteiger partial charge < -0.3 is 4.74 Å². The highest BCUT2D eigenvalue weighted by Gasteiger charge is 2.16. The second-order valence-corrected chi connectivity index (χ2v) is 6.47. The van der Waals surface area contributed by atoms with Crippen LogP contribution >= 0.6 is 0 Å². The molecule has 2 heteroatoms. The molecule has 1 aromatic carbocycles. The van der Waals surface area contributed by atoms with E-state index in [-0.39, 0.29) is 0 Å². The van der Waals surface area contributed by atoms with Gasteiger partial charge in [0.25, 0.3) is 0 Å². The van der Waals surface area contributed by atoms with Crippen molar-refractivity contribution in [1.82, 2.24) is 4.90 Å². The van der Waals surface area contributed by atoms with Gasteiger partial charge in [-0.2, -0.15) is 0 Å². The third-order valence-corrected chi connectivity index (χ3v) is 4.17. The summed E-state index contributed by atoms with van der Waals surface area (Å²) in [4.78, 5) is 2.51. The van der Waals surface area contributed by atoms with E-state index in [0.29, 0.717) is 11.8 Å². The molecule has 0 radical (unpaired) electrons. The molecule has 0 bridgehead atoms. The number of likely N-dealkylation sites (tertiary alicyclic amines) is 1. The Kier molecular flexibility index (Phi) is 5.47. The van der Waals surface area contributed by atoms with Gasteiger partial charge in [-0.05, 0) is 48.9 Å². The fourth-order valence-corrected chi connectivity index (χ4v) is 2.93. The van der Waals surface area contributed by atoms with Gasteiger partial charge in [0.1, 0.15) is 12.4 Å². The number of hydrogen-bond acceptors (Lipinski definition) is 2. The standard InChI is InChI=1S/C18H29NO/c1-14(2)16-8-7-9-17(15(3)4)18(16)20-13-12-19-10-5-6-11-19/h7-9,14-15H,5-6,10-13H2,1-4H3. The minimum Gasteiger partial charge on any atom is -0.492 e. The highest BCUT2D eigenvalue weighted by atomic mass is 16.5. The lowest BCUT2D eigenvalue weighted by Crippen LogP contribution is -2.25. The second kappa shape index (κ2) is 7.12. The summed E-state index contributed by atoms with van der Waals surface area (Å²) < 4.78 is 6.21. The van der Waals surface area contributed by atoms with E-state index in [0.717, 1.165) is 18.9 Å². The molecule has 0 aliphatic carbocycles. The molecule has 1 saturated heterocycles. The van der Waals surface area contributed by atoms with Gasteiger partial charge in [-0.25, -0.2) is 0 Å². The molecule has 0 unspecified atom stereocenters. The van der Waals surface area contributed by atoms with Gasteiger partial charge in [0.2, 0.25) is 0 Å². The van der Waals surface area contributed by atoms with Crippen molar-refractivity contribution in [2.24, 2.45) is 0 Å². The second-order valence-electron chi connectivity index (χ2n) is 6.47. The fourth-order valence-electron chi connectivity index (χ4n) is 2.93. The summed E-state index contributed by atoms with van der Waals surface area (Å²) in [5.74, 6) is 2.16. The highest BCUT2D eigenvalue weighted by Crippen LogP contribution is 2.34. The lowest BCUT2D eigenvalue weighted by atomic mass is 9.94. The summed E-state index contributed by atoms with van der Waals surface area (Å²) in [6.45, 7) is 13.3. The van der Waals surface area contributed by atoms with Crippen molar-refractivity contribution in [2.75, 3.05) is 26.2 Å². The zero-order valence-electron chi connectivity index (χ0n) is 13.5. The van der Waals surface area contributed by atoms with Crippen LogP contribution in [0.15, 0.2) is 18.2 Å². The van der Waals surface area contributed by atoms with Crippen molar-refractivity contribution in [3.63, 3.8) is 0 Å². The minimum absolute atomic E-state index is 0.510. The van der Waals surface area contributed by atoms with E-state index in [1.807, 2.05) is 0 Å². The van der Waals surface area contributed by atoms with E-state index in [1.165, 1.54) is 37.1 Å². The van der Waals surface area contributed by atoms with E-state index in [1.54, 1.807) is 0 Å². The van der Waals surface area contributed by atoms with Gasteiger partial charge in [-0.15, -0.1) is 0 Å². The van der Waals surface area contributed by atoms with Crippen LogP contribution in [0.1, 0.15) is 63.5 Å². The summed E-state index contributed by atoms with van der Waals surface area (Å²) >= 11 is 0. The van der Waals surface area contributed by atoms with E-state index in [4.69, 9.17) is 4.74 Å².